The molecular weight excluding hydrogens is 376 g/mol. The molecule has 3 heterocycles. The van der Waals surface area contributed by atoms with Crippen LogP contribution in [0.15, 0.2) is 54.7 Å². The Kier molecular flexibility index (Phi) is 6.64. The number of amides is 1. The fourth-order valence-corrected chi connectivity index (χ4v) is 4.41. The van der Waals surface area contributed by atoms with Gasteiger partial charge in [0.15, 0.2) is 0 Å². The molecular formula is C24H30N4O2. The van der Waals surface area contributed by atoms with Crippen LogP contribution in [-0.2, 0) is 4.79 Å². The lowest BCUT2D eigenvalue weighted by molar-refractivity contribution is -0.128. The zero-order chi connectivity index (χ0) is 20.8. The average Bonchev–Trinajstić information content (AvgIpc) is 2.83. The van der Waals surface area contributed by atoms with E-state index in [1.54, 1.807) is 25.5 Å². The van der Waals surface area contributed by atoms with E-state index in [0.717, 1.165) is 63.6 Å². The van der Waals surface area contributed by atoms with E-state index >= 15 is 0 Å². The van der Waals surface area contributed by atoms with E-state index in [1.807, 2.05) is 35.2 Å². The third kappa shape index (κ3) is 4.82. The van der Waals surface area contributed by atoms with Gasteiger partial charge in [-0.05, 0) is 43.2 Å². The molecule has 6 nitrogen and oxygen atoms in total. The number of aromatic nitrogens is 1. The van der Waals surface area contributed by atoms with E-state index in [2.05, 4.69) is 26.9 Å². The maximum Gasteiger partial charge on any atom is 0.246 e. The molecule has 4 rings (SSSR count). The van der Waals surface area contributed by atoms with Gasteiger partial charge in [-0.2, -0.15) is 0 Å². The summed E-state index contributed by atoms with van der Waals surface area (Å²) < 4.78 is 5.53. The Balaban J connectivity index is 1.32. The summed E-state index contributed by atoms with van der Waals surface area (Å²) in [6, 6.07) is 14.4. The Morgan fingerprint density at radius 1 is 1.07 bits per heavy atom. The summed E-state index contributed by atoms with van der Waals surface area (Å²) in [6.45, 7) is 5.61. The predicted molar refractivity (Wildman–Crippen MR) is 120 cm³/mol. The Hall–Kier alpha value is -2.86. The number of nitrogens with zero attached hydrogens (tertiary/aromatic N) is 4. The number of ether oxygens (including phenoxy) is 1. The molecule has 0 N–H and O–H groups in total. The summed E-state index contributed by atoms with van der Waals surface area (Å²) in [5.41, 5.74) is 1.98. The molecule has 0 spiro atoms. The summed E-state index contributed by atoms with van der Waals surface area (Å²) in [5, 5.41) is 0. The first-order valence-corrected chi connectivity index (χ1v) is 10.7. The number of carbonyl (C=O) groups excluding carboxylic acids is 1. The van der Waals surface area contributed by atoms with Gasteiger partial charge in [0.2, 0.25) is 5.91 Å². The lowest BCUT2D eigenvalue weighted by atomic mass is 10.0. The summed E-state index contributed by atoms with van der Waals surface area (Å²) in [7, 11) is 1.73. The summed E-state index contributed by atoms with van der Waals surface area (Å²) >= 11 is 0. The fraction of sp³-hybridized carbons (Fsp3) is 0.417. The minimum absolute atomic E-state index is 0.0815. The quantitative estimate of drug-likeness (QED) is 0.715. The molecule has 2 aliphatic rings. The third-order valence-electron chi connectivity index (χ3n) is 6.05. The van der Waals surface area contributed by atoms with Crippen LogP contribution in [0.4, 0.5) is 5.69 Å². The lowest BCUT2D eigenvalue weighted by Crippen LogP contribution is -2.55. The maximum absolute atomic E-state index is 12.7. The molecule has 158 valence electrons. The number of benzene rings is 1. The van der Waals surface area contributed by atoms with Crippen LogP contribution in [0, 0.1) is 0 Å². The molecule has 0 aliphatic carbocycles. The predicted octanol–water partition coefficient (Wildman–Crippen LogP) is 2.92. The maximum atomic E-state index is 12.7. The first-order valence-electron chi connectivity index (χ1n) is 10.7. The monoisotopic (exact) mass is 406 g/mol. The van der Waals surface area contributed by atoms with Crippen molar-refractivity contribution in [3.05, 3.63) is 60.4 Å². The van der Waals surface area contributed by atoms with Crippen molar-refractivity contribution < 1.29 is 9.53 Å². The molecule has 2 saturated heterocycles. The first-order chi connectivity index (χ1) is 14.7. The third-order valence-corrected chi connectivity index (χ3v) is 6.05. The van der Waals surface area contributed by atoms with Crippen molar-refractivity contribution in [2.24, 2.45) is 0 Å². The molecule has 30 heavy (non-hydrogen) atoms. The Bertz CT molecular complexity index is 863. The standard InChI is InChI=1S/C24H30N4O2/c1-30-23-10-3-2-9-22(23)27-17-15-26(16-18-27)21-8-6-14-28(19-21)24(29)12-11-20-7-4-5-13-25-20/h2-5,7,9-13,21H,6,8,14-19H2,1H3/b12-11+/t21-/m1/s1. The first kappa shape index (κ1) is 20.4. The normalized spacial score (nSPS) is 20.5. The van der Waals surface area contributed by atoms with Gasteiger partial charge in [-0.15, -0.1) is 0 Å². The number of likely N-dealkylation sites (tertiary alicyclic amines) is 1. The number of piperidine rings is 1. The number of rotatable bonds is 5. The van der Waals surface area contributed by atoms with Crippen LogP contribution in [0.2, 0.25) is 0 Å². The molecule has 2 aliphatic heterocycles. The van der Waals surface area contributed by atoms with Crippen LogP contribution in [0.3, 0.4) is 0 Å². The molecule has 0 bridgehead atoms. The van der Waals surface area contributed by atoms with Crippen molar-refractivity contribution in [1.82, 2.24) is 14.8 Å². The highest BCUT2D eigenvalue weighted by Crippen LogP contribution is 2.29. The number of para-hydroxylation sites is 2. The van der Waals surface area contributed by atoms with E-state index in [1.165, 1.54) is 5.69 Å². The van der Waals surface area contributed by atoms with Gasteiger partial charge in [-0.3, -0.25) is 14.7 Å². The van der Waals surface area contributed by atoms with Crippen LogP contribution < -0.4 is 9.64 Å². The van der Waals surface area contributed by atoms with Crippen LogP contribution in [-0.4, -0.2) is 73.1 Å². The van der Waals surface area contributed by atoms with Crippen molar-refractivity contribution in [3.63, 3.8) is 0 Å². The van der Waals surface area contributed by atoms with E-state index in [0.29, 0.717) is 6.04 Å². The summed E-state index contributed by atoms with van der Waals surface area (Å²) in [4.78, 5) is 23.9. The van der Waals surface area contributed by atoms with Gasteiger partial charge in [0.1, 0.15) is 5.75 Å². The second-order valence-electron chi connectivity index (χ2n) is 7.86. The number of pyridine rings is 1. The molecule has 0 saturated carbocycles. The zero-order valence-electron chi connectivity index (χ0n) is 17.6. The number of carbonyl (C=O) groups is 1. The SMILES string of the molecule is COc1ccccc1N1CCN([C@@H]2CCCN(C(=O)/C=C/c3ccccn3)C2)CC1. The van der Waals surface area contributed by atoms with E-state index in [4.69, 9.17) is 4.74 Å². The molecule has 1 aromatic carbocycles. The van der Waals surface area contributed by atoms with Gasteiger partial charge in [0, 0.05) is 57.6 Å². The number of piperazine rings is 1. The van der Waals surface area contributed by atoms with E-state index in [-0.39, 0.29) is 5.91 Å². The van der Waals surface area contributed by atoms with Crippen molar-refractivity contribution in [2.75, 3.05) is 51.3 Å². The molecule has 6 heteroatoms. The minimum Gasteiger partial charge on any atom is -0.495 e. The summed E-state index contributed by atoms with van der Waals surface area (Å²) in [5.74, 6) is 1.01. The summed E-state index contributed by atoms with van der Waals surface area (Å²) in [6.07, 6.45) is 7.41. The Morgan fingerprint density at radius 2 is 1.87 bits per heavy atom. The van der Waals surface area contributed by atoms with Crippen LogP contribution in [0.25, 0.3) is 6.08 Å². The molecule has 0 radical (unpaired) electrons. The van der Waals surface area contributed by atoms with E-state index < -0.39 is 0 Å². The lowest BCUT2D eigenvalue weighted by Gasteiger charge is -2.44. The van der Waals surface area contributed by atoms with Crippen molar-refractivity contribution in [2.45, 2.75) is 18.9 Å². The van der Waals surface area contributed by atoms with Crippen LogP contribution in [0.5, 0.6) is 5.75 Å². The molecule has 1 atom stereocenters. The van der Waals surface area contributed by atoms with Gasteiger partial charge in [-0.1, -0.05) is 18.2 Å². The fourth-order valence-electron chi connectivity index (χ4n) is 4.41. The average molecular weight is 407 g/mol. The Labute approximate surface area is 178 Å². The number of hydrogen-bond acceptors (Lipinski definition) is 5. The Morgan fingerprint density at radius 3 is 2.63 bits per heavy atom. The van der Waals surface area contributed by atoms with Crippen molar-refractivity contribution in [3.8, 4) is 5.75 Å². The second-order valence-corrected chi connectivity index (χ2v) is 7.86. The largest absolute Gasteiger partial charge is 0.495 e. The van der Waals surface area contributed by atoms with Gasteiger partial charge in [0.05, 0.1) is 18.5 Å². The van der Waals surface area contributed by atoms with E-state index in [9.17, 15) is 4.79 Å². The molecule has 2 aromatic rings. The minimum atomic E-state index is 0.0815. The highest BCUT2D eigenvalue weighted by Gasteiger charge is 2.29. The highest BCUT2D eigenvalue weighted by molar-refractivity contribution is 5.91. The van der Waals surface area contributed by atoms with Gasteiger partial charge in [-0.25, -0.2) is 0 Å². The zero-order valence-corrected chi connectivity index (χ0v) is 17.6. The number of methoxy groups -OCH3 is 1. The van der Waals surface area contributed by atoms with Crippen LogP contribution >= 0.6 is 0 Å². The molecule has 2 fully saturated rings. The number of hydrogen-bond donors (Lipinski definition) is 0. The van der Waals surface area contributed by atoms with Crippen molar-refractivity contribution in [1.29, 1.82) is 0 Å². The van der Waals surface area contributed by atoms with Gasteiger partial charge < -0.3 is 14.5 Å². The molecule has 1 aromatic heterocycles. The smallest absolute Gasteiger partial charge is 0.246 e. The number of anilines is 1. The van der Waals surface area contributed by atoms with Gasteiger partial charge >= 0.3 is 0 Å². The second kappa shape index (κ2) is 9.76. The highest BCUT2D eigenvalue weighted by atomic mass is 16.5. The molecule has 1 amide bonds. The van der Waals surface area contributed by atoms with Crippen molar-refractivity contribution >= 4 is 17.7 Å². The topological polar surface area (TPSA) is 48.9 Å². The van der Waals surface area contributed by atoms with Gasteiger partial charge in [0.25, 0.3) is 0 Å². The molecule has 0 unspecified atom stereocenters. The van der Waals surface area contributed by atoms with Crippen LogP contribution in [0.1, 0.15) is 18.5 Å².